The van der Waals surface area contributed by atoms with Crippen LogP contribution in [0.2, 0.25) is 0 Å². The van der Waals surface area contributed by atoms with Crippen molar-refractivity contribution in [3.05, 3.63) is 65.0 Å². The molecule has 0 unspecified atom stereocenters. The molecule has 4 atom stereocenters. The number of fused-ring (bicyclic) bond motifs is 3. The van der Waals surface area contributed by atoms with Crippen LogP contribution in [0.15, 0.2) is 42.5 Å². The number of nitrogens with zero attached hydrogens (tertiary/aromatic N) is 3. The molecule has 3 aliphatic rings. The fourth-order valence-electron chi connectivity index (χ4n) is 5.57. The van der Waals surface area contributed by atoms with Gasteiger partial charge in [0.1, 0.15) is 0 Å². The van der Waals surface area contributed by atoms with Gasteiger partial charge in [0.05, 0.1) is 6.04 Å². The molecule has 1 heterocycles. The van der Waals surface area contributed by atoms with Crippen LogP contribution in [0.25, 0.3) is 0 Å². The SMILES string of the molecule is Cc1cc(C(=O)N(C[C@@H]2C[C@@H]3C=C[C@H]2C3)[C@@H]2CCCc3ccccc32)nn1C. The molecule has 0 spiro atoms. The first kappa shape index (κ1) is 17.7. The molecule has 5 rings (SSSR count). The average Bonchev–Trinajstić information content (AvgIpc) is 3.42. The number of rotatable bonds is 4. The number of hydrogen-bond acceptors (Lipinski definition) is 2. The van der Waals surface area contributed by atoms with Gasteiger partial charge in [-0.3, -0.25) is 9.48 Å². The second-order valence-electron chi connectivity index (χ2n) is 8.90. The summed E-state index contributed by atoms with van der Waals surface area (Å²) in [5, 5.41) is 4.52. The summed E-state index contributed by atoms with van der Waals surface area (Å²) < 4.78 is 1.81. The minimum atomic E-state index is 0.0946. The van der Waals surface area contributed by atoms with Gasteiger partial charge in [0.2, 0.25) is 0 Å². The molecular weight excluding hydrogens is 346 g/mol. The van der Waals surface area contributed by atoms with Crippen LogP contribution in [0, 0.1) is 24.7 Å². The normalized spacial score (nSPS) is 27.8. The lowest BCUT2D eigenvalue weighted by Gasteiger charge is -2.38. The van der Waals surface area contributed by atoms with Gasteiger partial charge in [-0.2, -0.15) is 5.10 Å². The van der Waals surface area contributed by atoms with E-state index in [1.54, 1.807) is 4.68 Å². The van der Waals surface area contributed by atoms with Crippen molar-refractivity contribution >= 4 is 5.91 Å². The van der Waals surface area contributed by atoms with Crippen LogP contribution >= 0.6 is 0 Å². The first-order chi connectivity index (χ1) is 13.6. The van der Waals surface area contributed by atoms with Gasteiger partial charge in [-0.1, -0.05) is 36.4 Å². The van der Waals surface area contributed by atoms with Gasteiger partial charge in [0.15, 0.2) is 5.69 Å². The summed E-state index contributed by atoms with van der Waals surface area (Å²) in [5.74, 6) is 2.04. The third kappa shape index (κ3) is 2.99. The molecule has 1 aromatic heterocycles. The Kier molecular flexibility index (Phi) is 4.37. The summed E-state index contributed by atoms with van der Waals surface area (Å²) >= 11 is 0. The predicted octanol–water partition coefficient (Wildman–Crippen LogP) is 4.46. The molecule has 28 heavy (non-hydrogen) atoms. The second-order valence-corrected chi connectivity index (χ2v) is 8.90. The lowest BCUT2D eigenvalue weighted by Crippen LogP contribution is -2.41. The molecule has 3 aliphatic carbocycles. The average molecular weight is 376 g/mol. The summed E-state index contributed by atoms with van der Waals surface area (Å²) in [5.41, 5.74) is 4.35. The number of benzene rings is 1. The lowest BCUT2D eigenvalue weighted by molar-refractivity contribution is 0.0597. The zero-order valence-electron chi connectivity index (χ0n) is 16.8. The first-order valence-electron chi connectivity index (χ1n) is 10.7. The zero-order valence-corrected chi connectivity index (χ0v) is 16.8. The van der Waals surface area contributed by atoms with E-state index in [-0.39, 0.29) is 11.9 Å². The number of carbonyl (C=O) groups excluding carboxylic acids is 1. The number of aromatic nitrogens is 2. The molecule has 4 heteroatoms. The van der Waals surface area contributed by atoms with Crippen molar-refractivity contribution in [2.75, 3.05) is 6.54 Å². The maximum atomic E-state index is 13.6. The number of hydrogen-bond donors (Lipinski definition) is 0. The van der Waals surface area contributed by atoms with Crippen LogP contribution in [0.4, 0.5) is 0 Å². The molecule has 1 aromatic carbocycles. The maximum absolute atomic E-state index is 13.6. The molecule has 0 saturated heterocycles. The van der Waals surface area contributed by atoms with Gasteiger partial charge in [-0.25, -0.2) is 0 Å². The van der Waals surface area contributed by atoms with Crippen LogP contribution in [0.3, 0.4) is 0 Å². The molecule has 0 radical (unpaired) electrons. The predicted molar refractivity (Wildman–Crippen MR) is 110 cm³/mol. The lowest BCUT2D eigenvalue weighted by atomic mass is 9.85. The molecule has 2 bridgehead atoms. The summed E-state index contributed by atoms with van der Waals surface area (Å²) in [6, 6.07) is 10.8. The zero-order chi connectivity index (χ0) is 19.3. The number of amides is 1. The van der Waals surface area contributed by atoms with E-state index in [1.807, 2.05) is 20.0 Å². The molecule has 0 aliphatic heterocycles. The van der Waals surface area contributed by atoms with Crippen LogP contribution in [-0.4, -0.2) is 27.1 Å². The highest BCUT2D eigenvalue weighted by Crippen LogP contribution is 2.45. The topological polar surface area (TPSA) is 38.1 Å². The largest absolute Gasteiger partial charge is 0.330 e. The number of carbonyl (C=O) groups is 1. The van der Waals surface area contributed by atoms with Crippen LogP contribution < -0.4 is 0 Å². The highest BCUT2D eigenvalue weighted by atomic mass is 16.2. The maximum Gasteiger partial charge on any atom is 0.274 e. The Hall–Kier alpha value is -2.36. The number of aryl methyl sites for hydroxylation is 3. The quantitative estimate of drug-likeness (QED) is 0.740. The van der Waals surface area contributed by atoms with Crippen molar-refractivity contribution in [2.45, 2.75) is 45.1 Å². The monoisotopic (exact) mass is 375 g/mol. The summed E-state index contributed by atoms with van der Waals surface area (Å²) in [4.78, 5) is 15.8. The highest BCUT2D eigenvalue weighted by Gasteiger charge is 2.40. The third-order valence-electron chi connectivity index (χ3n) is 7.16. The Balaban J connectivity index is 1.49. The third-order valence-corrected chi connectivity index (χ3v) is 7.16. The molecule has 146 valence electrons. The van der Waals surface area contributed by atoms with Gasteiger partial charge in [-0.15, -0.1) is 0 Å². The van der Waals surface area contributed by atoms with E-state index in [4.69, 9.17) is 0 Å². The Morgan fingerprint density at radius 2 is 2.11 bits per heavy atom. The van der Waals surface area contributed by atoms with E-state index in [2.05, 4.69) is 46.4 Å². The summed E-state index contributed by atoms with van der Waals surface area (Å²) in [6.07, 6.45) is 10.6. The molecule has 0 N–H and O–H groups in total. The first-order valence-corrected chi connectivity index (χ1v) is 10.7. The van der Waals surface area contributed by atoms with Crippen molar-refractivity contribution < 1.29 is 4.79 Å². The van der Waals surface area contributed by atoms with Crippen LogP contribution in [0.1, 0.15) is 59.0 Å². The smallest absolute Gasteiger partial charge is 0.274 e. The Bertz CT molecular complexity index is 908. The fraction of sp³-hybridized carbons (Fsp3) is 0.500. The molecule has 4 nitrogen and oxygen atoms in total. The Morgan fingerprint density at radius 3 is 2.82 bits per heavy atom. The molecule has 1 fully saturated rings. The van der Waals surface area contributed by atoms with E-state index in [9.17, 15) is 4.79 Å². The van der Waals surface area contributed by atoms with Crippen molar-refractivity contribution in [1.29, 1.82) is 0 Å². The van der Waals surface area contributed by atoms with Crippen molar-refractivity contribution in [3.8, 4) is 0 Å². The van der Waals surface area contributed by atoms with Crippen molar-refractivity contribution in [3.63, 3.8) is 0 Å². The van der Waals surface area contributed by atoms with Crippen molar-refractivity contribution in [1.82, 2.24) is 14.7 Å². The Labute approximate surface area is 167 Å². The Morgan fingerprint density at radius 1 is 1.25 bits per heavy atom. The van der Waals surface area contributed by atoms with Gasteiger partial charge in [0.25, 0.3) is 5.91 Å². The van der Waals surface area contributed by atoms with Crippen molar-refractivity contribution in [2.24, 2.45) is 24.8 Å². The second kappa shape index (κ2) is 6.91. The molecular formula is C24H29N3O. The number of allylic oxidation sites excluding steroid dienone is 2. The van der Waals surface area contributed by atoms with Gasteiger partial charge in [-0.05, 0) is 74.0 Å². The van der Waals surface area contributed by atoms with E-state index in [0.717, 1.165) is 37.4 Å². The minimum absolute atomic E-state index is 0.0946. The molecule has 2 aromatic rings. The van der Waals surface area contributed by atoms with E-state index < -0.39 is 0 Å². The minimum Gasteiger partial charge on any atom is -0.330 e. The highest BCUT2D eigenvalue weighted by molar-refractivity contribution is 5.92. The van der Waals surface area contributed by atoms with E-state index >= 15 is 0 Å². The molecule has 1 saturated carbocycles. The van der Waals surface area contributed by atoms with Crippen LogP contribution in [-0.2, 0) is 13.5 Å². The summed E-state index contributed by atoms with van der Waals surface area (Å²) in [6.45, 7) is 2.85. The molecule has 1 amide bonds. The van der Waals surface area contributed by atoms with E-state index in [1.165, 1.54) is 24.0 Å². The van der Waals surface area contributed by atoms with E-state index in [0.29, 0.717) is 17.5 Å². The standard InChI is InChI=1S/C24H29N3O/c1-16-12-22(25-26(16)2)24(28)27(15-20-14-17-10-11-19(20)13-17)23-9-5-7-18-6-3-4-8-21(18)23/h3-4,6,8,10-12,17,19-20,23H,5,7,9,13-15H2,1-2H3/t17-,19+,20+,23-/m1/s1. The van der Waals surface area contributed by atoms with Gasteiger partial charge < -0.3 is 4.90 Å². The van der Waals surface area contributed by atoms with Gasteiger partial charge >= 0.3 is 0 Å². The van der Waals surface area contributed by atoms with Gasteiger partial charge in [0, 0.05) is 19.3 Å². The fourth-order valence-corrected chi connectivity index (χ4v) is 5.57. The van der Waals surface area contributed by atoms with Crippen LogP contribution in [0.5, 0.6) is 0 Å². The summed E-state index contributed by atoms with van der Waals surface area (Å²) in [7, 11) is 1.91.